The van der Waals surface area contributed by atoms with Crippen LogP contribution < -0.4 is 10.9 Å². The van der Waals surface area contributed by atoms with Crippen molar-refractivity contribution in [2.75, 3.05) is 37.0 Å². The van der Waals surface area contributed by atoms with E-state index < -0.39 is 0 Å². The van der Waals surface area contributed by atoms with Gasteiger partial charge in [0.15, 0.2) is 5.16 Å². The van der Waals surface area contributed by atoms with Crippen molar-refractivity contribution in [2.45, 2.75) is 42.3 Å². The van der Waals surface area contributed by atoms with Crippen molar-refractivity contribution in [3.8, 4) is 0 Å². The number of thioether (sulfide) groups is 2. The molecule has 1 saturated heterocycles. The average Bonchev–Trinajstić information content (AvgIpc) is 3.29. The van der Waals surface area contributed by atoms with Gasteiger partial charge in [-0.3, -0.25) is 14.2 Å². The Morgan fingerprint density at radius 1 is 1.19 bits per heavy atom. The Bertz CT molecular complexity index is 1120. The molecule has 1 aliphatic heterocycles. The molecule has 170 valence electrons. The summed E-state index contributed by atoms with van der Waals surface area (Å²) in [5, 5.41) is 5.46. The minimum Gasteiger partial charge on any atom is -0.325 e. The summed E-state index contributed by atoms with van der Waals surface area (Å²) in [6, 6.07) is 9.66. The fraction of sp³-hybridized carbons (Fsp3) is 0.435. The first kappa shape index (κ1) is 23.4. The maximum atomic E-state index is 13.1. The Kier molecular flexibility index (Phi) is 8.29. The third-order valence-corrected chi connectivity index (χ3v) is 8.11. The van der Waals surface area contributed by atoms with Crippen LogP contribution in [0.15, 0.2) is 50.6 Å². The van der Waals surface area contributed by atoms with E-state index >= 15 is 0 Å². The molecule has 1 fully saturated rings. The molecule has 0 spiro atoms. The quantitative estimate of drug-likeness (QED) is 0.345. The van der Waals surface area contributed by atoms with Crippen molar-refractivity contribution in [3.05, 3.63) is 46.1 Å². The van der Waals surface area contributed by atoms with E-state index in [4.69, 9.17) is 4.98 Å². The van der Waals surface area contributed by atoms with Crippen molar-refractivity contribution in [1.29, 1.82) is 0 Å². The molecule has 0 aliphatic carbocycles. The van der Waals surface area contributed by atoms with Crippen molar-refractivity contribution in [2.24, 2.45) is 0 Å². The zero-order valence-electron chi connectivity index (χ0n) is 18.2. The Labute approximate surface area is 200 Å². The van der Waals surface area contributed by atoms with E-state index in [-0.39, 0.29) is 17.2 Å². The number of carbonyl (C=O) groups is 1. The number of nitrogens with zero attached hydrogens (tertiary/aromatic N) is 3. The molecular formula is C23H28N4O2S3. The zero-order chi connectivity index (χ0) is 22.3. The fourth-order valence-corrected chi connectivity index (χ4v) is 5.96. The Balaban J connectivity index is 1.43. The van der Waals surface area contributed by atoms with E-state index in [1.807, 2.05) is 42.0 Å². The lowest BCUT2D eigenvalue weighted by Crippen LogP contribution is -2.32. The van der Waals surface area contributed by atoms with Crippen LogP contribution in [0.4, 0.5) is 5.69 Å². The van der Waals surface area contributed by atoms with Crippen LogP contribution >= 0.6 is 34.9 Å². The third-order valence-electron chi connectivity index (χ3n) is 5.52. The summed E-state index contributed by atoms with van der Waals surface area (Å²) in [6.07, 6.45) is 6.75. The second kappa shape index (κ2) is 11.4. The number of hydrogen-bond donors (Lipinski definition) is 1. The second-order valence-corrected chi connectivity index (χ2v) is 10.5. The van der Waals surface area contributed by atoms with Crippen LogP contribution in [0.3, 0.4) is 0 Å². The lowest BCUT2D eigenvalue weighted by Gasteiger charge is -2.26. The molecule has 0 bridgehead atoms. The first-order chi connectivity index (χ1) is 15.6. The van der Waals surface area contributed by atoms with Crippen LogP contribution in [0.5, 0.6) is 0 Å². The van der Waals surface area contributed by atoms with E-state index in [0.717, 1.165) is 36.6 Å². The van der Waals surface area contributed by atoms with E-state index in [9.17, 15) is 9.59 Å². The Morgan fingerprint density at radius 2 is 2.03 bits per heavy atom. The molecule has 2 aromatic heterocycles. The molecule has 1 aliphatic rings. The summed E-state index contributed by atoms with van der Waals surface area (Å²) in [7, 11) is 0. The second-order valence-electron chi connectivity index (χ2n) is 7.81. The number of hydrogen-bond acceptors (Lipinski definition) is 7. The largest absolute Gasteiger partial charge is 0.325 e. The van der Waals surface area contributed by atoms with Gasteiger partial charge in [0.2, 0.25) is 5.91 Å². The van der Waals surface area contributed by atoms with Gasteiger partial charge in [0.05, 0.1) is 11.3 Å². The highest BCUT2D eigenvalue weighted by Gasteiger charge is 2.15. The summed E-state index contributed by atoms with van der Waals surface area (Å²) in [4.78, 5) is 33.9. The highest BCUT2D eigenvalue weighted by atomic mass is 32.2. The normalized spacial score (nSPS) is 14.7. The molecule has 9 heteroatoms. The number of rotatable bonds is 9. The molecule has 0 unspecified atom stereocenters. The Morgan fingerprint density at radius 3 is 2.84 bits per heavy atom. The van der Waals surface area contributed by atoms with Crippen LogP contribution in [0, 0.1) is 0 Å². The molecule has 1 aromatic carbocycles. The summed E-state index contributed by atoms with van der Waals surface area (Å²) >= 11 is 4.40. The maximum Gasteiger partial charge on any atom is 0.272 e. The lowest BCUT2D eigenvalue weighted by atomic mass is 10.1. The van der Waals surface area contributed by atoms with Gasteiger partial charge in [-0.15, -0.1) is 23.1 Å². The summed E-state index contributed by atoms with van der Waals surface area (Å²) in [5.41, 5.74) is 1.49. The number of benzene rings is 1. The predicted molar refractivity (Wildman–Crippen MR) is 136 cm³/mol. The first-order valence-electron chi connectivity index (χ1n) is 10.9. The van der Waals surface area contributed by atoms with Gasteiger partial charge < -0.3 is 10.2 Å². The van der Waals surface area contributed by atoms with Crippen molar-refractivity contribution < 1.29 is 4.79 Å². The topological polar surface area (TPSA) is 67.2 Å². The van der Waals surface area contributed by atoms with E-state index in [1.165, 1.54) is 42.4 Å². The molecule has 1 amide bonds. The molecule has 0 radical (unpaired) electrons. The first-order valence-corrected chi connectivity index (χ1v) is 14.0. The van der Waals surface area contributed by atoms with Crippen molar-refractivity contribution >= 4 is 56.7 Å². The summed E-state index contributed by atoms with van der Waals surface area (Å²) in [5.74, 6) is 0.102. The van der Waals surface area contributed by atoms with E-state index in [1.54, 1.807) is 16.3 Å². The predicted octanol–water partition coefficient (Wildman–Crippen LogP) is 4.79. The average molecular weight is 489 g/mol. The Hall–Kier alpha value is -1.81. The lowest BCUT2D eigenvalue weighted by molar-refractivity contribution is -0.113. The van der Waals surface area contributed by atoms with Gasteiger partial charge in [0.25, 0.3) is 5.56 Å². The summed E-state index contributed by atoms with van der Waals surface area (Å²) in [6.45, 7) is 3.91. The van der Waals surface area contributed by atoms with Gasteiger partial charge in [0.1, 0.15) is 4.70 Å². The summed E-state index contributed by atoms with van der Waals surface area (Å²) < 4.78 is 2.44. The highest BCUT2D eigenvalue weighted by Crippen LogP contribution is 2.23. The molecule has 4 rings (SSSR count). The van der Waals surface area contributed by atoms with E-state index in [0.29, 0.717) is 21.9 Å². The molecule has 3 aromatic rings. The highest BCUT2D eigenvalue weighted by molar-refractivity contribution is 7.99. The van der Waals surface area contributed by atoms with Crippen LogP contribution in [-0.2, 0) is 11.3 Å². The van der Waals surface area contributed by atoms with Gasteiger partial charge in [-0.2, -0.15) is 0 Å². The van der Waals surface area contributed by atoms with Crippen LogP contribution in [0.1, 0.15) is 25.7 Å². The number of piperidine rings is 1. The van der Waals surface area contributed by atoms with Gasteiger partial charge in [-0.05, 0) is 74.8 Å². The van der Waals surface area contributed by atoms with Gasteiger partial charge in [-0.1, -0.05) is 24.2 Å². The number of nitrogens with one attached hydrogen (secondary N) is 1. The van der Waals surface area contributed by atoms with Crippen LogP contribution in [-0.4, -0.2) is 52.0 Å². The zero-order valence-corrected chi connectivity index (χ0v) is 20.7. The minimum atomic E-state index is -0.104. The molecule has 6 nitrogen and oxygen atoms in total. The number of aromatic nitrogens is 2. The number of fused-ring (bicyclic) bond motifs is 1. The molecule has 0 atom stereocenters. The standard InChI is InChI=1S/C23H28N4O2S3/c1-30-18-8-5-7-17(15-18)24-20(28)16-32-23-25-19-9-14-31-21(19)22(29)27(23)13-6-12-26-10-3-2-4-11-26/h5,7-9,14-15H,2-4,6,10-13,16H2,1H3,(H,24,28). The molecular weight excluding hydrogens is 460 g/mol. The molecule has 1 N–H and O–H groups in total. The van der Waals surface area contributed by atoms with Gasteiger partial charge >= 0.3 is 0 Å². The van der Waals surface area contributed by atoms with Crippen molar-refractivity contribution in [3.63, 3.8) is 0 Å². The minimum absolute atomic E-state index is 0.000718. The SMILES string of the molecule is CSc1cccc(NC(=O)CSc2nc3ccsc3c(=O)n2CCCN2CCCCC2)c1. The van der Waals surface area contributed by atoms with Gasteiger partial charge in [0, 0.05) is 17.1 Å². The number of thiophene rings is 1. The molecule has 32 heavy (non-hydrogen) atoms. The number of amides is 1. The van der Waals surface area contributed by atoms with Gasteiger partial charge in [-0.25, -0.2) is 4.98 Å². The maximum absolute atomic E-state index is 13.1. The third kappa shape index (κ3) is 5.95. The van der Waals surface area contributed by atoms with Crippen molar-refractivity contribution in [1.82, 2.24) is 14.5 Å². The smallest absolute Gasteiger partial charge is 0.272 e. The van der Waals surface area contributed by atoms with Crippen LogP contribution in [0.25, 0.3) is 10.2 Å². The number of anilines is 1. The number of carbonyl (C=O) groups excluding carboxylic acids is 1. The monoisotopic (exact) mass is 488 g/mol. The molecule has 0 saturated carbocycles. The number of likely N-dealkylation sites (tertiary alicyclic amines) is 1. The molecule has 3 heterocycles. The fourth-order valence-electron chi connectivity index (χ4n) is 3.89. The van der Waals surface area contributed by atoms with E-state index in [2.05, 4.69) is 10.2 Å². The van der Waals surface area contributed by atoms with Crippen LogP contribution in [0.2, 0.25) is 0 Å².